The number of hydrogen-bond donors (Lipinski definition) is 0. The van der Waals surface area contributed by atoms with E-state index in [1.807, 2.05) is 26.0 Å². The molecule has 0 amide bonds. The van der Waals surface area contributed by atoms with Gasteiger partial charge in [0.2, 0.25) is 0 Å². The lowest BCUT2D eigenvalue weighted by molar-refractivity contribution is -0.122. The first-order chi connectivity index (χ1) is 9.92. The number of ketones is 1. The Hall–Kier alpha value is -2.10. The van der Waals surface area contributed by atoms with Gasteiger partial charge in [0.25, 0.3) is 0 Å². The van der Waals surface area contributed by atoms with Crippen molar-refractivity contribution < 1.29 is 13.9 Å². The highest BCUT2D eigenvalue weighted by atomic mass is 16.5. The Morgan fingerprint density at radius 1 is 1.33 bits per heavy atom. The number of Topliss-reactive ketones (excluding diaryl/α,β-unsaturated/α-hetero) is 1. The lowest BCUT2D eigenvalue weighted by atomic mass is 10.0. The van der Waals surface area contributed by atoms with Crippen LogP contribution in [-0.2, 0) is 11.2 Å². The summed E-state index contributed by atoms with van der Waals surface area (Å²) in [5.41, 5.74) is 1.97. The van der Waals surface area contributed by atoms with Gasteiger partial charge in [-0.3, -0.25) is 4.79 Å². The fraction of sp³-hybridized carbons (Fsp3) is 0.412. The van der Waals surface area contributed by atoms with Crippen LogP contribution in [0.15, 0.2) is 27.4 Å². The first kappa shape index (κ1) is 15.3. The molecule has 1 atom stereocenters. The van der Waals surface area contributed by atoms with Crippen LogP contribution in [0, 0.1) is 6.92 Å². The number of rotatable bonds is 5. The summed E-state index contributed by atoms with van der Waals surface area (Å²) in [6.45, 7) is 7.16. The smallest absolute Gasteiger partial charge is 0.336 e. The van der Waals surface area contributed by atoms with Crippen molar-refractivity contribution in [2.24, 2.45) is 0 Å². The van der Waals surface area contributed by atoms with Crippen LogP contribution in [0.3, 0.4) is 0 Å². The quantitative estimate of drug-likeness (QED) is 0.791. The van der Waals surface area contributed by atoms with Crippen molar-refractivity contribution in [3.63, 3.8) is 0 Å². The topological polar surface area (TPSA) is 56.5 Å². The second kappa shape index (κ2) is 6.12. The number of hydrogen-bond acceptors (Lipinski definition) is 4. The first-order valence-corrected chi connectivity index (χ1v) is 7.17. The van der Waals surface area contributed by atoms with Gasteiger partial charge in [0.05, 0.1) is 5.39 Å². The van der Waals surface area contributed by atoms with Gasteiger partial charge in [-0.05, 0) is 50.5 Å². The Morgan fingerprint density at radius 2 is 2.05 bits per heavy atom. The maximum Gasteiger partial charge on any atom is 0.336 e. The van der Waals surface area contributed by atoms with Crippen molar-refractivity contribution in [2.45, 2.75) is 46.6 Å². The summed E-state index contributed by atoms with van der Waals surface area (Å²) in [5.74, 6) is 0.555. The number of aryl methyl sites for hydroxylation is 2. The van der Waals surface area contributed by atoms with E-state index in [2.05, 4.69) is 0 Å². The van der Waals surface area contributed by atoms with Crippen molar-refractivity contribution >= 4 is 16.8 Å². The van der Waals surface area contributed by atoms with Gasteiger partial charge in [-0.25, -0.2) is 4.79 Å². The minimum absolute atomic E-state index is 0.0425. The van der Waals surface area contributed by atoms with Crippen molar-refractivity contribution in [1.82, 2.24) is 0 Å². The van der Waals surface area contributed by atoms with Crippen LogP contribution < -0.4 is 10.4 Å². The van der Waals surface area contributed by atoms with Gasteiger partial charge >= 0.3 is 5.63 Å². The Bertz CT molecular complexity index is 727. The van der Waals surface area contributed by atoms with E-state index in [9.17, 15) is 9.59 Å². The molecular formula is C17H20O4. The monoisotopic (exact) mass is 288 g/mol. The average Bonchev–Trinajstić information content (AvgIpc) is 2.37. The van der Waals surface area contributed by atoms with Crippen molar-refractivity contribution in [1.29, 1.82) is 0 Å². The molecule has 0 aliphatic heterocycles. The largest absolute Gasteiger partial charge is 0.482 e. The minimum atomic E-state index is -0.531. The van der Waals surface area contributed by atoms with E-state index in [4.69, 9.17) is 9.15 Å². The van der Waals surface area contributed by atoms with E-state index in [0.29, 0.717) is 11.3 Å². The zero-order chi connectivity index (χ0) is 15.6. The number of ether oxygens (including phenoxy) is 1. The maximum absolute atomic E-state index is 11.7. The number of carbonyl (C=O) groups is 1. The Balaban J connectivity index is 2.67. The van der Waals surface area contributed by atoms with Crippen molar-refractivity contribution in [3.05, 3.63) is 39.7 Å². The van der Waals surface area contributed by atoms with E-state index >= 15 is 0 Å². The van der Waals surface area contributed by atoms with E-state index in [1.165, 1.54) is 13.0 Å². The van der Waals surface area contributed by atoms with Crippen molar-refractivity contribution in [3.8, 4) is 5.75 Å². The molecule has 0 saturated heterocycles. The second-order valence-corrected chi connectivity index (χ2v) is 5.35. The summed E-state index contributed by atoms with van der Waals surface area (Å²) in [7, 11) is 0. The van der Waals surface area contributed by atoms with Gasteiger partial charge in [0.1, 0.15) is 11.3 Å². The molecule has 0 bridgehead atoms. The highest BCUT2D eigenvalue weighted by Gasteiger charge is 2.16. The molecule has 1 aromatic heterocycles. The molecule has 4 heteroatoms. The maximum atomic E-state index is 11.7. The third kappa shape index (κ3) is 3.32. The Kier molecular flexibility index (Phi) is 4.46. The molecule has 0 aliphatic carbocycles. The lowest BCUT2D eigenvalue weighted by Gasteiger charge is -2.16. The van der Waals surface area contributed by atoms with E-state index in [-0.39, 0.29) is 11.4 Å². The second-order valence-electron chi connectivity index (χ2n) is 5.35. The number of benzene rings is 1. The molecule has 2 rings (SSSR count). The van der Waals surface area contributed by atoms with Crippen LogP contribution in [0.4, 0.5) is 0 Å². The van der Waals surface area contributed by atoms with Crippen LogP contribution in [0.1, 0.15) is 38.3 Å². The molecule has 21 heavy (non-hydrogen) atoms. The molecule has 1 aromatic carbocycles. The standard InChI is InChI=1S/C17H20O4/c1-5-6-13-9-16(19)21-15-8-10(2)7-14(17(13)15)20-12(4)11(3)18/h7-9,12H,5-6H2,1-4H3/t12-/m0/s1. The minimum Gasteiger partial charge on any atom is -0.482 e. The summed E-state index contributed by atoms with van der Waals surface area (Å²) in [4.78, 5) is 23.1. The first-order valence-electron chi connectivity index (χ1n) is 7.17. The molecule has 2 aromatic rings. The van der Waals surface area contributed by atoms with E-state index in [0.717, 1.165) is 29.4 Å². The lowest BCUT2D eigenvalue weighted by Crippen LogP contribution is -2.21. The fourth-order valence-electron chi connectivity index (χ4n) is 2.30. The third-order valence-corrected chi connectivity index (χ3v) is 3.43. The predicted octanol–water partition coefficient (Wildman–Crippen LogP) is 3.41. The van der Waals surface area contributed by atoms with Crippen LogP contribution in [-0.4, -0.2) is 11.9 Å². The Morgan fingerprint density at radius 3 is 2.67 bits per heavy atom. The van der Waals surface area contributed by atoms with Gasteiger partial charge in [-0.1, -0.05) is 13.3 Å². The molecular weight excluding hydrogens is 268 g/mol. The van der Waals surface area contributed by atoms with Crippen LogP contribution >= 0.6 is 0 Å². The molecule has 112 valence electrons. The van der Waals surface area contributed by atoms with Crippen molar-refractivity contribution in [2.75, 3.05) is 0 Å². The highest BCUT2D eigenvalue weighted by Crippen LogP contribution is 2.31. The summed E-state index contributed by atoms with van der Waals surface area (Å²) in [6.07, 6.45) is 1.14. The number of carbonyl (C=O) groups excluding carboxylic acids is 1. The molecule has 0 saturated carbocycles. The zero-order valence-corrected chi connectivity index (χ0v) is 12.9. The highest BCUT2D eigenvalue weighted by molar-refractivity contribution is 5.88. The molecule has 0 N–H and O–H groups in total. The molecule has 1 heterocycles. The predicted molar refractivity (Wildman–Crippen MR) is 82.0 cm³/mol. The fourth-order valence-corrected chi connectivity index (χ4v) is 2.30. The summed E-state index contributed by atoms with van der Waals surface area (Å²) < 4.78 is 11.1. The molecule has 0 spiro atoms. The van der Waals surface area contributed by atoms with Gasteiger partial charge in [-0.15, -0.1) is 0 Å². The number of fused-ring (bicyclic) bond motifs is 1. The van der Waals surface area contributed by atoms with E-state index < -0.39 is 6.10 Å². The van der Waals surface area contributed by atoms with Gasteiger partial charge < -0.3 is 9.15 Å². The third-order valence-electron chi connectivity index (χ3n) is 3.43. The SMILES string of the molecule is CCCc1cc(=O)oc2cc(C)cc(O[C@@H](C)C(C)=O)c12. The van der Waals surface area contributed by atoms with Crippen LogP contribution in [0.25, 0.3) is 11.0 Å². The summed E-state index contributed by atoms with van der Waals surface area (Å²) in [5, 5.41) is 0.787. The normalized spacial score (nSPS) is 12.4. The van der Waals surface area contributed by atoms with Gasteiger partial charge in [-0.2, -0.15) is 0 Å². The van der Waals surface area contributed by atoms with Crippen LogP contribution in [0.5, 0.6) is 5.75 Å². The van der Waals surface area contributed by atoms with Gasteiger partial charge in [0, 0.05) is 6.07 Å². The van der Waals surface area contributed by atoms with Gasteiger partial charge in [0.15, 0.2) is 11.9 Å². The Labute approximate surface area is 123 Å². The zero-order valence-electron chi connectivity index (χ0n) is 12.9. The molecule has 4 nitrogen and oxygen atoms in total. The average molecular weight is 288 g/mol. The molecule has 0 unspecified atom stereocenters. The molecule has 0 fully saturated rings. The van der Waals surface area contributed by atoms with Crippen LogP contribution in [0.2, 0.25) is 0 Å². The summed E-state index contributed by atoms with van der Waals surface area (Å²) in [6, 6.07) is 5.20. The summed E-state index contributed by atoms with van der Waals surface area (Å²) >= 11 is 0. The molecule has 0 radical (unpaired) electrons. The van der Waals surface area contributed by atoms with E-state index in [1.54, 1.807) is 6.92 Å². The molecule has 0 aliphatic rings.